The molecular formula is C22H25Cl2NO4S. The molecule has 0 spiro atoms. The third kappa shape index (κ3) is 7.76. The van der Waals surface area contributed by atoms with Gasteiger partial charge in [-0.05, 0) is 48.1 Å². The molecule has 1 N–H and O–H groups in total. The van der Waals surface area contributed by atoms with Gasteiger partial charge in [0.25, 0.3) is 0 Å². The van der Waals surface area contributed by atoms with Crippen LogP contribution in [0.25, 0.3) is 0 Å². The number of halogens is 2. The quantitative estimate of drug-likeness (QED) is 0.603. The third-order valence-electron chi connectivity index (χ3n) is 4.67. The lowest BCUT2D eigenvalue weighted by molar-refractivity contribution is -0.136. The Balaban J connectivity index is 0.000000335. The Labute approximate surface area is 188 Å². The van der Waals surface area contributed by atoms with Gasteiger partial charge in [-0.3, -0.25) is 4.79 Å². The van der Waals surface area contributed by atoms with Crippen LogP contribution in [0, 0.1) is 0 Å². The Kier molecular flexibility index (Phi) is 9.37. The molecule has 1 unspecified atom stereocenters. The van der Waals surface area contributed by atoms with Crippen LogP contribution in [0.2, 0.25) is 10.0 Å². The second-order valence-corrected chi connectivity index (χ2v) is 9.91. The van der Waals surface area contributed by atoms with Crippen LogP contribution in [-0.2, 0) is 21.2 Å². The minimum Gasteiger partial charge on any atom is -0.481 e. The van der Waals surface area contributed by atoms with Crippen molar-refractivity contribution in [1.82, 2.24) is 4.31 Å². The lowest BCUT2D eigenvalue weighted by atomic mass is 9.90. The SMILES string of the molecule is C=CCS(=O)(=O)N1CCCC(c2cccc(CC(=O)O)c2)C1.Clc1cccc(Cl)c1. The summed E-state index contributed by atoms with van der Waals surface area (Å²) in [5, 5.41) is 10.2. The summed E-state index contributed by atoms with van der Waals surface area (Å²) < 4.78 is 25.8. The first-order valence-electron chi connectivity index (χ1n) is 9.51. The zero-order chi connectivity index (χ0) is 22.1. The van der Waals surface area contributed by atoms with Crippen LogP contribution in [0.15, 0.2) is 61.2 Å². The van der Waals surface area contributed by atoms with Gasteiger partial charge < -0.3 is 5.11 Å². The zero-order valence-electron chi connectivity index (χ0n) is 16.5. The van der Waals surface area contributed by atoms with E-state index in [4.69, 9.17) is 28.3 Å². The minimum absolute atomic E-state index is 0.0148. The highest BCUT2D eigenvalue weighted by atomic mass is 35.5. The van der Waals surface area contributed by atoms with Gasteiger partial charge in [0.2, 0.25) is 10.0 Å². The Morgan fingerprint density at radius 2 is 1.83 bits per heavy atom. The number of benzene rings is 2. The number of aliphatic carboxylic acids is 1. The minimum atomic E-state index is -3.28. The summed E-state index contributed by atoms with van der Waals surface area (Å²) in [5.41, 5.74) is 1.76. The number of nitrogens with zero attached hydrogens (tertiary/aromatic N) is 1. The highest BCUT2D eigenvalue weighted by Crippen LogP contribution is 2.29. The van der Waals surface area contributed by atoms with Gasteiger partial charge in [-0.1, -0.05) is 59.6 Å². The summed E-state index contributed by atoms with van der Waals surface area (Å²) in [6.07, 6.45) is 3.12. The molecule has 162 valence electrons. The highest BCUT2D eigenvalue weighted by Gasteiger charge is 2.28. The van der Waals surface area contributed by atoms with Crippen molar-refractivity contribution in [3.63, 3.8) is 0 Å². The Morgan fingerprint density at radius 1 is 1.17 bits per heavy atom. The summed E-state index contributed by atoms with van der Waals surface area (Å²) in [6, 6.07) is 14.5. The zero-order valence-corrected chi connectivity index (χ0v) is 18.8. The monoisotopic (exact) mass is 469 g/mol. The molecule has 2 aromatic carbocycles. The maximum Gasteiger partial charge on any atom is 0.307 e. The van der Waals surface area contributed by atoms with Crippen molar-refractivity contribution in [2.24, 2.45) is 0 Å². The van der Waals surface area contributed by atoms with Crippen molar-refractivity contribution in [3.8, 4) is 0 Å². The van der Waals surface area contributed by atoms with Gasteiger partial charge in [-0.2, -0.15) is 0 Å². The summed E-state index contributed by atoms with van der Waals surface area (Å²) >= 11 is 11.1. The molecule has 0 radical (unpaired) electrons. The fourth-order valence-electron chi connectivity index (χ4n) is 3.31. The fraction of sp³-hybridized carbons (Fsp3) is 0.318. The molecule has 1 heterocycles. The molecule has 30 heavy (non-hydrogen) atoms. The second-order valence-electron chi connectivity index (χ2n) is 7.02. The molecule has 0 saturated carbocycles. The molecule has 0 aromatic heterocycles. The molecule has 1 fully saturated rings. The number of piperidine rings is 1. The standard InChI is InChI=1S/C16H21NO4S.C6H4Cl2/c1-2-9-22(20,21)17-8-4-7-15(12-17)14-6-3-5-13(10-14)11-16(18)19;7-5-2-1-3-6(8)4-5/h2-3,5-6,10,15H,1,4,7-9,11-12H2,(H,18,19);1-4H. The fourth-order valence-corrected chi connectivity index (χ4v) is 5.07. The lowest BCUT2D eigenvalue weighted by Crippen LogP contribution is -2.40. The van der Waals surface area contributed by atoms with Crippen LogP contribution in [0.3, 0.4) is 0 Å². The first-order chi connectivity index (χ1) is 14.2. The number of carboxylic acid groups (broad SMARTS) is 1. The van der Waals surface area contributed by atoms with E-state index >= 15 is 0 Å². The van der Waals surface area contributed by atoms with Gasteiger partial charge in [0.05, 0.1) is 12.2 Å². The Hall–Kier alpha value is -1.86. The predicted molar refractivity (Wildman–Crippen MR) is 122 cm³/mol. The van der Waals surface area contributed by atoms with Crippen LogP contribution in [0.5, 0.6) is 0 Å². The molecule has 3 rings (SSSR count). The Morgan fingerprint density at radius 3 is 2.40 bits per heavy atom. The van der Waals surface area contributed by atoms with E-state index < -0.39 is 16.0 Å². The van der Waals surface area contributed by atoms with Gasteiger partial charge in [0.15, 0.2) is 0 Å². The molecule has 2 aromatic rings. The van der Waals surface area contributed by atoms with E-state index in [9.17, 15) is 13.2 Å². The van der Waals surface area contributed by atoms with Gasteiger partial charge in [0.1, 0.15) is 0 Å². The van der Waals surface area contributed by atoms with Crippen LogP contribution < -0.4 is 0 Å². The van der Waals surface area contributed by atoms with Crippen molar-refractivity contribution in [1.29, 1.82) is 0 Å². The van der Waals surface area contributed by atoms with Gasteiger partial charge >= 0.3 is 5.97 Å². The van der Waals surface area contributed by atoms with E-state index in [1.54, 1.807) is 24.3 Å². The van der Waals surface area contributed by atoms with Crippen molar-refractivity contribution in [2.45, 2.75) is 25.2 Å². The lowest BCUT2D eigenvalue weighted by Gasteiger charge is -2.32. The number of carbonyl (C=O) groups is 1. The van der Waals surface area contributed by atoms with Crippen molar-refractivity contribution in [3.05, 3.63) is 82.4 Å². The van der Waals surface area contributed by atoms with E-state index in [1.165, 1.54) is 10.4 Å². The number of carboxylic acids is 1. The summed E-state index contributed by atoms with van der Waals surface area (Å²) in [7, 11) is -3.28. The van der Waals surface area contributed by atoms with E-state index in [2.05, 4.69) is 6.58 Å². The topological polar surface area (TPSA) is 74.7 Å². The first kappa shape index (κ1) is 24.4. The first-order valence-corrected chi connectivity index (χ1v) is 11.9. The molecule has 5 nitrogen and oxygen atoms in total. The second kappa shape index (κ2) is 11.5. The van der Waals surface area contributed by atoms with Gasteiger partial charge in [-0.15, -0.1) is 6.58 Å². The third-order valence-corrected chi connectivity index (χ3v) is 6.92. The number of rotatable bonds is 6. The van der Waals surface area contributed by atoms with Gasteiger partial charge in [-0.25, -0.2) is 12.7 Å². The summed E-state index contributed by atoms with van der Waals surface area (Å²) in [4.78, 5) is 10.8. The summed E-state index contributed by atoms with van der Waals surface area (Å²) in [6.45, 7) is 4.49. The largest absolute Gasteiger partial charge is 0.481 e. The Bertz CT molecular complexity index is 961. The molecule has 1 atom stereocenters. The molecule has 8 heteroatoms. The van der Waals surface area contributed by atoms with E-state index in [0.717, 1.165) is 24.0 Å². The van der Waals surface area contributed by atoms with Crippen LogP contribution in [0.1, 0.15) is 29.9 Å². The molecular weight excluding hydrogens is 445 g/mol. The highest BCUT2D eigenvalue weighted by molar-refractivity contribution is 7.89. The normalized spacial score (nSPS) is 16.9. The number of sulfonamides is 1. The van der Waals surface area contributed by atoms with Crippen LogP contribution >= 0.6 is 23.2 Å². The predicted octanol–water partition coefficient (Wildman–Crippen LogP) is 5.00. The van der Waals surface area contributed by atoms with Crippen LogP contribution in [-0.4, -0.2) is 42.6 Å². The van der Waals surface area contributed by atoms with Gasteiger partial charge in [0, 0.05) is 23.1 Å². The molecule has 0 bridgehead atoms. The average Bonchev–Trinajstić information content (AvgIpc) is 2.68. The number of hydrogen-bond acceptors (Lipinski definition) is 3. The van der Waals surface area contributed by atoms with E-state index in [-0.39, 0.29) is 18.1 Å². The number of hydrogen-bond donors (Lipinski definition) is 1. The maximum absolute atomic E-state index is 12.2. The van der Waals surface area contributed by atoms with Crippen molar-refractivity contribution >= 4 is 39.2 Å². The van der Waals surface area contributed by atoms with E-state index in [0.29, 0.717) is 23.1 Å². The molecule has 1 aliphatic heterocycles. The maximum atomic E-state index is 12.2. The van der Waals surface area contributed by atoms with Crippen LogP contribution in [0.4, 0.5) is 0 Å². The van der Waals surface area contributed by atoms with Crippen molar-refractivity contribution in [2.75, 3.05) is 18.8 Å². The van der Waals surface area contributed by atoms with E-state index in [1.807, 2.05) is 24.3 Å². The average molecular weight is 470 g/mol. The van der Waals surface area contributed by atoms with Crippen molar-refractivity contribution < 1.29 is 18.3 Å². The molecule has 0 aliphatic carbocycles. The summed E-state index contributed by atoms with van der Waals surface area (Å²) in [5.74, 6) is -0.795. The smallest absolute Gasteiger partial charge is 0.307 e. The molecule has 1 aliphatic rings. The molecule has 0 amide bonds. The molecule has 1 saturated heterocycles.